The van der Waals surface area contributed by atoms with Crippen LogP contribution in [0, 0.1) is 0 Å². The molecule has 1 aromatic carbocycles. The molecule has 98 valence electrons. The van der Waals surface area contributed by atoms with Gasteiger partial charge in [0.1, 0.15) is 5.75 Å². The van der Waals surface area contributed by atoms with Gasteiger partial charge >= 0.3 is 0 Å². The van der Waals surface area contributed by atoms with Crippen LogP contribution in [0.3, 0.4) is 0 Å². The molecule has 0 bridgehead atoms. The smallest absolute Gasteiger partial charge is 0.142 e. The first-order chi connectivity index (χ1) is 8.86. The van der Waals surface area contributed by atoms with Gasteiger partial charge in [0.05, 0.1) is 12.6 Å². The predicted octanol–water partition coefficient (Wildman–Crippen LogP) is 4.69. The van der Waals surface area contributed by atoms with Gasteiger partial charge in [0.2, 0.25) is 0 Å². The van der Waals surface area contributed by atoms with E-state index in [2.05, 4.69) is 30.2 Å². The topological polar surface area (TPSA) is 25.0 Å². The van der Waals surface area contributed by atoms with Crippen LogP contribution in [0.4, 0.5) is 0 Å². The summed E-state index contributed by atoms with van der Waals surface area (Å²) in [5, 5.41) is 1.31. The van der Waals surface area contributed by atoms with Gasteiger partial charge in [-0.05, 0) is 24.5 Å². The summed E-state index contributed by atoms with van der Waals surface area (Å²) in [5.41, 5.74) is 2.55. The Kier molecular flexibility index (Phi) is 4.68. The lowest BCUT2D eigenvalue weighted by atomic mass is 10.0. The van der Waals surface area contributed by atoms with Crippen LogP contribution < -0.4 is 4.74 Å². The predicted molar refractivity (Wildman–Crippen MR) is 77.3 cm³/mol. The van der Waals surface area contributed by atoms with Crippen molar-refractivity contribution in [3.8, 4) is 5.75 Å². The van der Waals surface area contributed by atoms with E-state index in [0.29, 0.717) is 0 Å². The Morgan fingerprint density at radius 3 is 2.72 bits per heavy atom. The number of nitrogens with one attached hydrogen (secondary N) is 1. The third-order valence-corrected chi connectivity index (χ3v) is 3.53. The molecule has 0 aliphatic heterocycles. The monoisotopic (exact) mass is 245 g/mol. The molecule has 0 amide bonds. The summed E-state index contributed by atoms with van der Waals surface area (Å²) in [6, 6.07) is 6.25. The lowest BCUT2D eigenvalue weighted by molar-refractivity contribution is 0.419. The molecule has 0 aliphatic rings. The van der Waals surface area contributed by atoms with Gasteiger partial charge in [0, 0.05) is 11.6 Å². The number of aromatic nitrogens is 1. The molecule has 0 saturated carbocycles. The standard InChI is InChI=1S/C16H23NO/c1-3-4-5-6-7-9-13-12-17-16-14(13)10-8-11-15(16)18-2/h8,10-12,17H,3-7,9H2,1-2H3. The van der Waals surface area contributed by atoms with E-state index in [1.165, 1.54) is 43.1 Å². The Labute approximate surface area is 109 Å². The second kappa shape index (κ2) is 6.48. The van der Waals surface area contributed by atoms with E-state index < -0.39 is 0 Å². The molecule has 0 spiro atoms. The average Bonchev–Trinajstić information content (AvgIpc) is 2.82. The van der Waals surface area contributed by atoms with Crippen molar-refractivity contribution in [1.29, 1.82) is 0 Å². The van der Waals surface area contributed by atoms with Crippen LogP contribution in [0.1, 0.15) is 44.6 Å². The number of H-pyrrole nitrogens is 1. The molecular formula is C16H23NO. The normalized spacial score (nSPS) is 11.0. The van der Waals surface area contributed by atoms with Gasteiger partial charge in [0.15, 0.2) is 0 Å². The SMILES string of the molecule is CCCCCCCc1c[nH]c2c(OC)cccc12. The number of unbranched alkanes of at least 4 members (excludes halogenated alkanes) is 4. The van der Waals surface area contributed by atoms with Crippen molar-refractivity contribution in [2.24, 2.45) is 0 Å². The molecule has 1 N–H and O–H groups in total. The Balaban J connectivity index is 2.01. The molecule has 2 aromatic rings. The summed E-state index contributed by atoms with van der Waals surface area (Å²) >= 11 is 0. The lowest BCUT2D eigenvalue weighted by Crippen LogP contribution is -1.86. The Hall–Kier alpha value is -1.44. The number of benzene rings is 1. The summed E-state index contributed by atoms with van der Waals surface area (Å²) in [5.74, 6) is 0.935. The number of rotatable bonds is 7. The van der Waals surface area contributed by atoms with Crippen LogP contribution in [0.5, 0.6) is 5.75 Å². The number of fused-ring (bicyclic) bond motifs is 1. The van der Waals surface area contributed by atoms with Crippen LogP contribution in [-0.2, 0) is 6.42 Å². The van der Waals surface area contributed by atoms with Gasteiger partial charge in [0.25, 0.3) is 0 Å². The molecular weight excluding hydrogens is 222 g/mol. The van der Waals surface area contributed by atoms with Gasteiger partial charge in [-0.25, -0.2) is 0 Å². The molecule has 2 nitrogen and oxygen atoms in total. The van der Waals surface area contributed by atoms with Gasteiger partial charge in [-0.1, -0.05) is 44.7 Å². The molecule has 0 saturated heterocycles. The van der Waals surface area contributed by atoms with Crippen molar-refractivity contribution in [2.75, 3.05) is 7.11 Å². The average molecular weight is 245 g/mol. The zero-order valence-electron chi connectivity index (χ0n) is 11.5. The molecule has 0 atom stereocenters. The summed E-state index contributed by atoms with van der Waals surface area (Å²) < 4.78 is 5.37. The molecule has 0 aliphatic carbocycles. The fraction of sp³-hybridized carbons (Fsp3) is 0.500. The van der Waals surface area contributed by atoms with Crippen LogP contribution in [-0.4, -0.2) is 12.1 Å². The zero-order chi connectivity index (χ0) is 12.8. The summed E-state index contributed by atoms with van der Waals surface area (Å²) in [7, 11) is 1.72. The minimum atomic E-state index is 0.935. The first-order valence-electron chi connectivity index (χ1n) is 6.99. The van der Waals surface area contributed by atoms with Crippen molar-refractivity contribution >= 4 is 10.9 Å². The first kappa shape index (κ1) is 13.0. The van der Waals surface area contributed by atoms with E-state index in [0.717, 1.165) is 17.7 Å². The summed E-state index contributed by atoms with van der Waals surface area (Å²) in [6.07, 6.45) is 9.95. The largest absolute Gasteiger partial charge is 0.495 e. The van der Waals surface area contributed by atoms with Crippen molar-refractivity contribution in [3.63, 3.8) is 0 Å². The maximum atomic E-state index is 5.37. The van der Waals surface area contributed by atoms with Gasteiger partial charge in [-0.15, -0.1) is 0 Å². The third-order valence-electron chi connectivity index (χ3n) is 3.53. The third kappa shape index (κ3) is 2.87. The second-order valence-corrected chi connectivity index (χ2v) is 4.86. The van der Waals surface area contributed by atoms with Crippen LogP contribution in [0.25, 0.3) is 10.9 Å². The van der Waals surface area contributed by atoms with Crippen molar-refractivity contribution in [1.82, 2.24) is 4.98 Å². The van der Waals surface area contributed by atoms with E-state index >= 15 is 0 Å². The minimum Gasteiger partial charge on any atom is -0.495 e. The quantitative estimate of drug-likeness (QED) is 0.703. The Bertz CT molecular complexity index is 487. The number of aromatic amines is 1. The zero-order valence-corrected chi connectivity index (χ0v) is 11.5. The number of methoxy groups -OCH3 is 1. The highest BCUT2D eigenvalue weighted by molar-refractivity contribution is 5.88. The van der Waals surface area contributed by atoms with Crippen LogP contribution in [0.2, 0.25) is 0 Å². The Morgan fingerprint density at radius 1 is 1.11 bits per heavy atom. The Morgan fingerprint density at radius 2 is 1.94 bits per heavy atom. The van der Waals surface area contributed by atoms with E-state index in [1.807, 2.05) is 6.07 Å². The first-order valence-corrected chi connectivity index (χ1v) is 6.99. The van der Waals surface area contributed by atoms with Gasteiger partial charge in [-0.2, -0.15) is 0 Å². The van der Waals surface area contributed by atoms with E-state index in [9.17, 15) is 0 Å². The fourth-order valence-electron chi connectivity index (χ4n) is 2.48. The molecule has 1 aromatic heterocycles. The maximum absolute atomic E-state index is 5.37. The molecule has 0 unspecified atom stereocenters. The molecule has 0 fully saturated rings. The molecule has 2 rings (SSSR count). The van der Waals surface area contributed by atoms with Crippen molar-refractivity contribution < 1.29 is 4.74 Å². The fourth-order valence-corrected chi connectivity index (χ4v) is 2.48. The van der Waals surface area contributed by atoms with Crippen molar-refractivity contribution in [3.05, 3.63) is 30.0 Å². The number of para-hydroxylation sites is 1. The highest BCUT2D eigenvalue weighted by Gasteiger charge is 2.07. The summed E-state index contributed by atoms with van der Waals surface area (Å²) in [4.78, 5) is 3.33. The number of ether oxygens (including phenoxy) is 1. The van der Waals surface area contributed by atoms with Crippen molar-refractivity contribution in [2.45, 2.75) is 45.4 Å². The molecule has 1 heterocycles. The van der Waals surface area contributed by atoms with E-state index in [1.54, 1.807) is 7.11 Å². The summed E-state index contributed by atoms with van der Waals surface area (Å²) in [6.45, 7) is 2.26. The van der Waals surface area contributed by atoms with E-state index in [-0.39, 0.29) is 0 Å². The lowest BCUT2D eigenvalue weighted by Gasteiger charge is -2.02. The van der Waals surface area contributed by atoms with Crippen LogP contribution in [0.15, 0.2) is 24.4 Å². The highest BCUT2D eigenvalue weighted by Crippen LogP contribution is 2.27. The number of aryl methyl sites for hydroxylation is 1. The number of hydrogen-bond donors (Lipinski definition) is 1. The molecule has 2 heteroatoms. The maximum Gasteiger partial charge on any atom is 0.142 e. The molecule has 0 radical (unpaired) electrons. The molecule has 18 heavy (non-hydrogen) atoms. The van der Waals surface area contributed by atoms with Crippen LogP contribution >= 0.6 is 0 Å². The van der Waals surface area contributed by atoms with Gasteiger partial charge < -0.3 is 9.72 Å². The van der Waals surface area contributed by atoms with Gasteiger partial charge in [-0.3, -0.25) is 0 Å². The highest BCUT2D eigenvalue weighted by atomic mass is 16.5. The minimum absolute atomic E-state index is 0.935. The second-order valence-electron chi connectivity index (χ2n) is 4.86. The number of hydrogen-bond acceptors (Lipinski definition) is 1. The van der Waals surface area contributed by atoms with E-state index in [4.69, 9.17) is 4.74 Å².